The molecule has 5 nitrogen and oxygen atoms in total. The first kappa shape index (κ1) is 11.4. The zero-order valence-corrected chi connectivity index (χ0v) is 8.29. The number of amides is 1. The van der Waals surface area contributed by atoms with Crippen LogP contribution in [0.3, 0.4) is 0 Å². The smallest absolute Gasteiger partial charge is 0.234 e. The fraction of sp³-hybridized carbons (Fsp3) is 0.889. The van der Waals surface area contributed by atoms with Crippen molar-refractivity contribution in [1.29, 1.82) is 0 Å². The molecule has 0 bridgehead atoms. The molecule has 0 aromatic rings. The molecule has 0 spiro atoms. The van der Waals surface area contributed by atoms with Gasteiger partial charge in [-0.15, -0.1) is 0 Å². The minimum atomic E-state index is -0.00894. The largest absolute Gasteiger partial charge is 0.395 e. The molecule has 14 heavy (non-hydrogen) atoms. The number of hydrogen-bond donors (Lipinski definition) is 3. The van der Waals surface area contributed by atoms with E-state index in [1.807, 2.05) is 0 Å². The lowest BCUT2D eigenvalue weighted by Crippen LogP contribution is -2.43. The Bertz CT molecular complexity index is 169. The first-order valence-electron chi connectivity index (χ1n) is 5.01. The Kier molecular flexibility index (Phi) is 5.51. The van der Waals surface area contributed by atoms with Gasteiger partial charge in [-0.25, -0.2) is 0 Å². The Morgan fingerprint density at radius 3 is 2.79 bits per heavy atom. The molecule has 0 radical (unpaired) electrons. The summed E-state index contributed by atoms with van der Waals surface area (Å²) in [5.74, 6) is -0.00894. The van der Waals surface area contributed by atoms with Crippen molar-refractivity contribution in [2.24, 2.45) is 0 Å². The van der Waals surface area contributed by atoms with Crippen molar-refractivity contribution in [2.45, 2.75) is 18.9 Å². The molecule has 1 fully saturated rings. The highest BCUT2D eigenvalue weighted by molar-refractivity contribution is 5.78. The van der Waals surface area contributed by atoms with Gasteiger partial charge in [0.2, 0.25) is 5.91 Å². The van der Waals surface area contributed by atoms with Gasteiger partial charge < -0.3 is 20.5 Å². The van der Waals surface area contributed by atoms with Crippen LogP contribution in [0.2, 0.25) is 0 Å². The van der Waals surface area contributed by atoms with Gasteiger partial charge in [0, 0.05) is 25.8 Å². The molecule has 82 valence electrons. The lowest BCUT2D eigenvalue weighted by molar-refractivity contribution is -0.121. The van der Waals surface area contributed by atoms with Crippen molar-refractivity contribution in [3.05, 3.63) is 0 Å². The Hall–Kier alpha value is -0.650. The van der Waals surface area contributed by atoms with Crippen LogP contribution < -0.4 is 10.6 Å². The van der Waals surface area contributed by atoms with E-state index in [2.05, 4.69) is 10.6 Å². The monoisotopic (exact) mass is 202 g/mol. The van der Waals surface area contributed by atoms with Gasteiger partial charge in [-0.2, -0.15) is 0 Å². The average molecular weight is 202 g/mol. The predicted molar refractivity (Wildman–Crippen MR) is 51.9 cm³/mol. The van der Waals surface area contributed by atoms with E-state index in [-0.39, 0.29) is 25.1 Å². The zero-order chi connectivity index (χ0) is 10.2. The molecule has 0 aromatic carbocycles. The van der Waals surface area contributed by atoms with E-state index < -0.39 is 0 Å². The maximum Gasteiger partial charge on any atom is 0.234 e. The molecule has 5 heteroatoms. The summed E-state index contributed by atoms with van der Waals surface area (Å²) < 4.78 is 5.18. The summed E-state index contributed by atoms with van der Waals surface area (Å²) in [6.45, 7) is 2.26. The summed E-state index contributed by atoms with van der Waals surface area (Å²) in [5, 5.41) is 14.2. The van der Waals surface area contributed by atoms with E-state index in [0.29, 0.717) is 6.54 Å². The van der Waals surface area contributed by atoms with Crippen molar-refractivity contribution in [2.75, 3.05) is 32.9 Å². The number of aliphatic hydroxyl groups excluding tert-OH is 1. The van der Waals surface area contributed by atoms with Crippen molar-refractivity contribution in [1.82, 2.24) is 10.6 Å². The van der Waals surface area contributed by atoms with E-state index in [0.717, 1.165) is 26.1 Å². The third-order valence-electron chi connectivity index (χ3n) is 2.16. The summed E-state index contributed by atoms with van der Waals surface area (Å²) in [6.07, 6.45) is 1.79. The minimum Gasteiger partial charge on any atom is -0.395 e. The van der Waals surface area contributed by atoms with Crippen LogP contribution in [0.1, 0.15) is 12.8 Å². The Balaban J connectivity index is 2.06. The van der Waals surface area contributed by atoms with Gasteiger partial charge in [-0.3, -0.25) is 4.79 Å². The zero-order valence-electron chi connectivity index (χ0n) is 8.29. The van der Waals surface area contributed by atoms with Crippen LogP contribution in [0.5, 0.6) is 0 Å². The summed E-state index contributed by atoms with van der Waals surface area (Å²) in [5.41, 5.74) is 0. The SMILES string of the molecule is O=C(CNCCO)NC1CCOCC1. The molecule has 0 unspecified atom stereocenters. The molecule has 0 aliphatic carbocycles. The number of hydrogen-bond acceptors (Lipinski definition) is 4. The maximum atomic E-state index is 11.3. The maximum absolute atomic E-state index is 11.3. The van der Waals surface area contributed by atoms with Crippen molar-refractivity contribution in [3.8, 4) is 0 Å². The highest BCUT2D eigenvalue weighted by atomic mass is 16.5. The van der Waals surface area contributed by atoms with Crippen molar-refractivity contribution in [3.63, 3.8) is 0 Å². The van der Waals surface area contributed by atoms with Gasteiger partial charge in [0.15, 0.2) is 0 Å². The second-order valence-electron chi connectivity index (χ2n) is 3.35. The Morgan fingerprint density at radius 1 is 1.43 bits per heavy atom. The standard InChI is InChI=1S/C9H18N2O3/c12-4-3-10-7-9(13)11-8-1-5-14-6-2-8/h8,10,12H,1-7H2,(H,11,13). The van der Waals surface area contributed by atoms with E-state index in [9.17, 15) is 4.79 Å². The number of nitrogens with one attached hydrogen (secondary N) is 2. The van der Waals surface area contributed by atoms with Gasteiger partial charge in [0.1, 0.15) is 0 Å². The minimum absolute atomic E-state index is 0.00894. The third-order valence-corrected chi connectivity index (χ3v) is 2.16. The first-order valence-corrected chi connectivity index (χ1v) is 5.01. The fourth-order valence-electron chi connectivity index (χ4n) is 1.40. The van der Waals surface area contributed by atoms with Crippen molar-refractivity contribution < 1.29 is 14.6 Å². The third kappa shape index (κ3) is 4.55. The molecule has 0 atom stereocenters. The Morgan fingerprint density at radius 2 is 2.14 bits per heavy atom. The van der Waals surface area contributed by atoms with E-state index >= 15 is 0 Å². The molecule has 1 rings (SSSR count). The highest BCUT2D eigenvalue weighted by Crippen LogP contribution is 2.05. The number of carbonyl (C=O) groups excluding carboxylic acids is 1. The summed E-state index contributed by atoms with van der Waals surface area (Å²) in [6, 6.07) is 0.257. The van der Waals surface area contributed by atoms with Crippen LogP contribution in [0.25, 0.3) is 0 Å². The highest BCUT2D eigenvalue weighted by Gasteiger charge is 2.15. The molecule has 1 aliphatic rings. The average Bonchev–Trinajstić information content (AvgIpc) is 2.20. The number of aliphatic hydroxyl groups is 1. The van der Waals surface area contributed by atoms with Crippen LogP contribution in [0, 0.1) is 0 Å². The number of rotatable bonds is 5. The van der Waals surface area contributed by atoms with Crippen molar-refractivity contribution >= 4 is 5.91 Å². The predicted octanol–water partition coefficient (Wildman–Crippen LogP) is -1.14. The van der Waals surface area contributed by atoms with Crippen LogP contribution in [-0.4, -0.2) is 50.0 Å². The van der Waals surface area contributed by atoms with Crippen LogP contribution >= 0.6 is 0 Å². The van der Waals surface area contributed by atoms with Crippen LogP contribution in [0.15, 0.2) is 0 Å². The normalized spacial score (nSPS) is 18.1. The lowest BCUT2D eigenvalue weighted by Gasteiger charge is -2.23. The summed E-state index contributed by atoms with van der Waals surface area (Å²) in [7, 11) is 0. The number of carbonyl (C=O) groups is 1. The fourth-order valence-corrected chi connectivity index (χ4v) is 1.40. The lowest BCUT2D eigenvalue weighted by atomic mass is 10.1. The van der Waals surface area contributed by atoms with E-state index in [1.165, 1.54) is 0 Å². The Labute approximate surface area is 83.8 Å². The molecule has 1 saturated heterocycles. The molecule has 1 aliphatic heterocycles. The van der Waals surface area contributed by atoms with Gasteiger partial charge in [-0.05, 0) is 12.8 Å². The molecule has 3 N–H and O–H groups in total. The van der Waals surface area contributed by atoms with Crippen LogP contribution in [-0.2, 0) is 9.53 Å². The van der Waals surface area contributed by atoms with Gasteiger partial charge >= 0.3 is 0 Å². The summed E-state index contributed by atoms with van der Waals surface area (Å²) in [4.78, 5) is 11.3. The summed E-state index contributed by atoms with van der Waals surface area (Å²) >= 11 is 0. The molecule has 1 amide bonds. The molecule has 0 saturated carbocycles. The van der Waals surface area contributed by atoms with Crippen LogP contribution in [0.4, 0.5) is 0 Å². The second-order valence-corrected chi connectivity index (χ2v) is 3.35. The van der Waals surface area contributed by atoms with Gasteiger partial charge in [0.05, 0.1) is 13.2 Å². The quantitative estimate of drug-likeness (QED) is 0.493. The topological polar surface area (TPSA) is 70.6 Å². The number of ether oxygens (including phenoxy) is 1. The molecule has 0 aromatic heterocycles. The molecule has 1 heterocycles. The molecular formula is C9H18N2O3. The van der Waals surface area contributed by atoms with Gasteiger partial charge in [0.25, 0.3) is 0 Å². The first-order chi connectivity index (χ1) is 6.83. The van der Waals surface area contributed by atoms with E-state index in [4.69, 9.17) is 9.84 Å². The van der Waals surface area contributed by atoms with E-state index in [1.54, 1.807) is 0 Å². The second kappa shape index (κ2) is 6.75. The molecular weight excluding hydrogens is 184 g/mol. The van der Waals surface area contributed by atoms with Gasteiger partial charge in [-0.1, -0.05) is 0 Å².